The standard InChI is InChI=1S/C13H11Cl2N3/c1-9(10-4-6-16-7-5-10)17-18-11-2-3-12(14)13(15)8-11/h2-8,18H,1H3/b17-9+. The number of nitrogens with zero attached hydrogens (tertiary/aromatic N) is 2. The zero-order valence-corrected chi connectivity index (χ0v) is 11.2. The fourth-order valence-electron chi connectivity index (χ4n) is 1.37. The first-order valence-corrected chi connectivity index (χ1v) is 6.08. The van der Waals surface area contributed by atoms with Crippen LogP contribution < -0.4 is 5.43 Å². The lowest BCUT2D eigenvalue weighted by atomic mass is 10.2. The summed E-state index contributed by atoms with van der Waals surface area (Å²) in [5.74, 6) is 0. The van der Waals surface area contributed by atoms with Gasteiger partial charge in [0.15, 0.2) is 0 Å². The van der Waals surface area contributed by atoms with Crippen molar-refractivity contribution < 1.29 is 0 Å². The second kappa shape index (κ2) is 5.85. The lowest BCUT2D eigenvalue weighted by Gasteiger charge is -2.04. The van der Waals surface area contributed by atoms with Crippen molar-refractivity contribution in [1.82, 2.24) is 4.98 Å². The molecular weight excluding hydrogens is 269 g/mol. The molecule has 2 aromatic rings. The molecule has 18 heavy (non-hydrogen) atoms. The Labute approximate surface area is 115 Å². The van der Waals surface area contributed by atoms with Gasteiger partial charge >= 0.3 is 0 Å². The molecule has 0 aliphatic rings. The van der Waals surface area contributed by atoms with Crippen LogP contribution in [-0.4, -0.2) is 10.7 Å². The number of hydrogen-bond acceptors (Lipinski definition) is 3. The smallest absolute Gasteiger partial charge is 0.0649 e. The quantitative estimate of drug-likeness (QED) is 0.675. The predicted molar refractivity (Wildman–Crippen MR) is 76.5 cm³/mol. The van der Waals surface area contributed by atoms with Crippen molar-refractivity contribution in [3.05, 3.63) is 58.3 Å². The van der Waals surface area contributed by atoms with Gasteiger partial charge in [0, 0.05) is 18.0 Å². The van der Waals surface area contributed by atoms with Crippen molar-refractivity contribution in [3.63, 3.8) is 0 Å². The molecule has 0 saturated carbocycles. The first-order valence-electron chi connectivity index (χ1n) is 5.32. The molecule has 3 nitrogen and oxygen atoms in total. The predicted octanol–water partition coefficient (Wildman–Crippen LogP) is 4.22. The fourth-order valence-corrected chi connectivity index (χ4v) is 1.67. The Bertz CT molecular complexity index is 568. The number of benzene rings is 1. The molecule has 0 radical (unpaired) electrons. The summed E-state index contributed by atoms with van der Waals surface area (Å²) in [7, 11) is 0. The summed E-state index contributed by atoms with van der Waals surface area (Å²) < 4.78 is 0. The van der Waals surface area contributed by atoms with E-state index in [0.717, 1.165) is 17.0 Å². The van der Waals surface area contributed by atoms with Gasteiger partial charge < -0.3 is 0 Å². The largest absolute Gasteiger partial charge is 0.278 e. The van der Waals surface area contributed by atoms with Crippen LogP contribution in [0, 0.1) is 0 Å². The minimum atomic E-state index is 0.499. The van der Waals surface area contributed by atoms with Gasteiger partial charge in [-0.3, -0.25) is 10.4 Å². The molecular formula is C13H11Cl2N3. The van der Waals surface area contributed by atoms with Crippen molar-refractivity contribution in [1.29, 1.82) is 0 Å². The number of hydrazone groups is 1. The number of nitrogens with one attached hydrogen (secondary N) is 1. The van der Waals surface area contributed by atoms with E-state index in [2.05, 4.69) is 15.5 Å². The third-order valence-electron chi connectivity index (χ3n) is 2.37. The van der Waals surface area contributed by atoms with E-state index in [4.69, 9.17) is 23.2 Å². The fraction of sp³-hybridized carbons (Fsp3) is 0.0769. The third kappa shape index (κ3) is 3.22. The van der Waals surface area contributed by atoms with Crippen molar-refractivity contribution in [2.75, 3.05) is 5.43 Å². The lowest BCUT2D eigenvalue weighted by Crippen LogP contribution is -1.99. The molecule has 1 N–H and O–H groups in total. The summed E-state index contributed by atoms with van der Waals surface area (Å²) >= 11 is 11.8. The van der Waals surface area contributed by atoms with Crippen molar-refractivity contribution in [2.45, 2.75) is 6.92 Å². The molecule has 0 amide bonds. The summed E-state index contributed by atoms with van der Waals surface area (Å²) in [5.41, 5.74) is 5.60. The molecule has 0 aliphatic heterocycles. The maximum atomic E-state index is 5.92. The van der Waals surface area contributed by atoms with Crippen LogP contribution >= 0.6 is 23.2 Å². The van der Waals surface area contributed by atoms with E-state index in [1.807, 2.05) is 25.1 Å². The number of aromatic nitrogens is 1. The minimum Gasteiger partial charge on any atom is -0.278 e. The molecule has 5 heteroatoms. The number of anilines is 1. The maximum absolute atomic E-state index is 5.92. The monoisotopic (exact) mass is 279 g/mol. The van der Waals surface area contributed by atoms with E-state index in [0.29, 0.717) is 10.0 Å². The highest BCUT2D eigenvalue weighted by atomic mass is 35.5. The number of hydrogen-bond donors (Lipinski definition) is 1. The molecule has 0 spiro atoms. The molecule has 0 atom stereocenters. The molecule has 0 bridgehead atoms. The Balaban J connectivity index is 2.13. The average Bonchev–Trinajstić information content (AvgIpc) is 2.41. The number of pyridine rings is 1. The van der Waals surface area contributed by atoms with Crippen molar-refractivity contribution in [2.24, 2.45) is 5.10 Å². The van der Waals surface area contributed by atoms with Crippen LogP contribution in [0.15, 0.2) is 47.8 Å². The average molecular weight is 280 g/mol. The van der Waals surface area contributed by atoms with E-state index in [-0.39, 0.29) is 0 Å². The second-order valence-corrected chi connectivity index (χ2v) is 4.49. The van der Waals surface area contributed by atoms with E-state index in [1.54, 1.807) is 24.5 Å². The first kappa shape index (κ1) is 12.9. The van der Waals surface area contributed by atoms with E-state index < -0.39 is 0 Å². The summed E-state index contributed by atoms with van der Waals surface area (Å²) in [4.78, 5) is 3.96. The van der Waals surface area contributed by atoms with Gasteiger partial charge in [-0.15, -0.1) is 0 Å². The zero-order chi connectivity index (χ0) is 13.0. The zero-order valence-electron chi connectivity index (χ0n) is 9.69. The molecule has 0 aliphatic carbocycles. The van der Waals surface area contributed by atoms with Crippen molar-refractivity contribution in [3.8, 4) is 0 Å². The summed E-state index contributed by atoms with van der Waals surface area (Å²) in [6.07, 6.45) is 3.46. The number of halogens is 2. The Hall–Kier alpha value is -1.58. The van der Waals surface area contributed by atoms with Crippen LogP contribution in [0.3, 0.4) is 0 Å². The molecule has 1 aromatic heterocycles. The van der Waals surface area contributed by atoms with Gasteiger partial charge in [-0.25, -0.2) is 0 Å². The van der Waals surface area contributed by atoms with E-state index >= 15 is 0 Å². The molecule has 0 unspecified atom stereocenters. The second-order valence-electron chi connectivity index (χ2n) is 3.67. The molecule has 2 rings (SSSR count). The third-order valence-corrected chi connectivity index (χ3v) is 3.11. The van der Waals surface area contributed by atoms with Crippen LogP contribution in [0.25, 0.3) is 0 Å². The Morgan fingerprint density at radius 2 is 1.83 bits per heavy atom. The van der Waals surface area contributed by atoms with Crippen LogP contribution in [0.1, 0.15) is 12.5 Å². The van der Waals surface area contributed by atoms with Crippen LogP contribution in [0.4, 0.5) is 5.69 Å². The van der Waals surface area contributed by atoms with Gasteiger partial charge in [0.1, 0.15) is 0 Å². The molecule has 1 heterocycles. The molecule has 92 valence electrons. The van der Waals surface area contributed by atoms with E-state index in [1.165, 1.54) is 0 Å². The van der Waals surface area contributed by atoms with E-state index in [9.17, 15) is 0 Å². The lowest BCUT2D eigenvalue weighted by molar-refractivity contribution is 1.29. The Kier molecular flexibility index (Phi) is 4.18. The van der Waals surface area contributed by atoms with Gasteiger partial charge in [-0.2, -0.15) is 5.10 Å². The highest BCUT2D eigenvalue weighted by Crippen LogP contribution is 2.24. The summed E-state index contributed by atoms with van der Waals surface area (Å²) in [6.45, 7) is 1.92. The summed E-state index contributed by atoms with van der Waals surface area (Å²) in [6, 6.07) is 9.07. The van der Waals surface area contributed by atoms with Crippen LogP contribution in [0.2, 0.25) is 10.0 Å². The Morgan fingerprint density at radius 1 is 1.11 bits per heavy atom. The normalized spacial score (nSPS) is 11.4. The van der Waals surface area contributed by atoms with Gasteiger partial charge in [-0.05, 0) is 37.3 Å². The van der Waals surface area contributed by atoms with Crippen LogP contribution in [-0.2, 0) is 0 Å². The first-order chi connectivity index (χ1) is 8.66. The maximum Gasteiger partial charge on any atom is 0.0649 e. The Morgan fingerprint density at radius 3 is 2.50 bits per heavy atom. The summed E-state index contributed by atoms with van der Waals surface area (Å²) in [5, 5.41) is 5.30. The highest BCUT2D eigenvalue weighted by molar-refractivity contribution is 6.42. The minimum absolute atomic E-state index is 0.499. The van der Waals surface area contributed by atoms with Gasteiger partial charge in [0.25, 0.3) is 0 Å². The van der Waals surface area contributed by atoms with Crippen LogP contribution in [0.5, 0.6) is 0 Å². The molecule has 1 aromatic carbocycles. The SMILES string of the molecule is C/C(=N\Nc1ccc(Cl)c(Cl)c1)c1ccncc1. The van der Waals surface area contributed by atoms with Gasteiger partial charge in [0.2, 0.25) is 0 Å². The van der Waals surface area contributed by atoms with Gasteiger partial charge in [-0.1, -0.05) is 23.2 Å². The topological polar surface area (TPSA) is 37.3 Å². The van der Waals surface area contributed by atoms with Crippen molar-refractivity contribution >= 4 is 34.6 Å². The van der Waals surface area contributed by atoms with Gasteiger partial charge in [0.05, 0.1) is 21.4 Å². The number of rotatable bonds is 3. The molecule has 0 fully saturated rings. The molecule has 0 saturated heterocycles. The highest BCUT2D eigenvalue weighted by Gasteiger charge is 1.99.